The van der Waals surface area contributed by atoms with Crippen LogP contribution in [0.15, 0.2) is 83.0 Å². The summed E-state index contributed by atoms with van der Waals surface area (Å²) in [7, 11) is 0. The van der Waals surface area contributed by atoms with Crippen molar-refractivity contribution in [3.05, 3.63) is 83.9 Å². The Labute approximate surface area is 190 Å². The van der Waals surface area contributed by atoms with Crippen molar-refractivity contribution in [1.82, 2.24) is 0 Å². The molecule has 0 aliphatic heterocycles. The summed E-state index contributed by atoms with van der Waals surface area (Å²) in [6.45, 7) is 0. The minimum atomic E-state index is -0.714. The number of hydrogen-bond donors (Lipinski definition) is 1. The molecule has 0 radical (unpaired) electrons. The standard InChI is InChI=1S/C28H32N2O2/c31-27(32)16-10-2-1-9-15-25-23-17-18-24(19-23)26(25)20-29-30-28(21-11-5-3-6-12-21)22-13-7-4-8-14-22/h1,3-9,11-14,20,23-26H,2,10,15-19H2,(H,31,32). The van der Waals surface area contributed by atoms with E-state index >= 15 is 0 Å². The maximum Gasteiger partial charge on any atom is 0.303 e. The SMILES string of the molecule is O=C(O)CCCC=CCC1C2CCC(C2)C1C=NN=C(c1ccccc1)c1ccccc1. The van der Waals surface area contributed by atoms with Crippen LogP contribution in [-0.2, 0) is 4.79 Å². The number of aliphatic carboxylic acids is 1. The van der Waals surface area contributed by atoms with E-state index < -0.39 is 5.97 Å². The highest BCUT2D eigenvalue weighted by molar-refractivity contribution is 6.12. The highest BCUT2D eigenvalue weighted by Gasteiger charge is 2.45. The van der Waals surface area contributed by atoms with Gasteiger partial charge in [-0.15, -0.1) is 0 Å². The summed E-state index contributed by atoms with van der Waals surface area (Å²) < 4.78 is 0. The second-order valence-electron chi connectivity index (χ2n) is 9.01. The molecule has 0 amide bonds. The fourth-order valence-corrected chi connectivity index (χ4v) is 5.42. The van der Waals surface area contributed by atoms with Gasteiger partial charge in [-0.25, -0.2) is 0 Å². The second kappa shape index (κ2) is 11.0. The largest absolute Gasteiger partial charge is 0.481 e. The van der Waals surface area contributed by atoms with Crippen LogP contribution < -0.4 is 0 Å². The zero-order valence-corrected chi connectivity index (χ0v) is 18.5. The molecule has 2 fully saturated rings. The van der Waals surface area contributed by atoms with Gasteiger partial charge in [0, 0.05) is 29.7 Å². The molecular weight excluding hydrogens is 396 g/mol. The maximum atomic E-state index is 10.7. The number of rotatable bonds is 10. The summed E-state index contributed by atoms with van der Waals surface area (Å²) in [5.41, 5.74) is 3.05. The maximum absolute atomic E-state index is 10.7. The van der Waals surface area contributed by atoms with Crippen LogP contribution in [0.3, 0.4) is 0 Å². The molecule has 166 valence electrons. The topological polar surface area (TPSA) is 62.0 Å². The molecule has 2 aliphatic rings. The van der Waals surface area contributed by atoms with Crippen LogP contribution in [0.1, 0.15) is 56.1 Å². The molecule has 4 nitrogen and oxygen atoms in total. The van der Waals surface area contributed by atoms with Crippen molar-refractivity contribution in [2.24, 2.45) is 33.9 Å². The summed E-state index contributed by atoms with van der Waals surface area (Å²) in [5.74, 6) is 1.90. The molecule has 1 N–H and O–H groups in total. The first-order chi connectivity index (χ1) is 15.7. The van der Waals surface area contributed by atoms with Crippen molar-refractivity contribution in [2.45, 2.75) is 44.9 Å². The quantitative estimate of drug-likeness (QED) is 0.207. The molecule has 4 rings (SSSR count). The van der Waals surface area contributed by atoms with Crippen LogP contribution in [-0.4, -0.2) is 23.0 Å². The summed E-state index contributed by atoms with van der Waals surface area (Å²) in [6, 6.07) is 20.5. The van der Waals surface area contributed by atoms with Crippen molar-refractivity contribution in [3.63, 3.8) is 0 Å². The third-order valence-electron chi connectivity index (χ3n) is 6.99. The van der Waals surface area contributed by atoms with Crippen LogP contribution in [0.2, 0.25) is 0 Å². The number of carboxylic acids is 1. The molecule has 2 saturated carbocycles. The number of carbonyl (C=O) groups is 1. The molecule has 2 aromatic carbocycles. The van der Waals surface area contributed by atoms with Crippen LogP contribution in [0.25, 0.3) is 0 Å². The van der Waals surface area contributed by atoms with E-state index in [0.717, 1.165) is 41.5 Å². The Balaban J connectivity index is 1.45. The average Bonchev–Trinajstić information content (AvgIpc) is 3.42. The van der Waals surface area contributed by atoms with Crippen molar-refractivity contribution in [3.8, 4) is 0 Å². The molecule has 2 aromatic rings. The van der Waals surface area contributed by atoms with E-state index in [4.69, 9.17) is 10.2 Å². The molecule has 0 heterocycles. The van der Waals surface area contributed by atoms with Crippen molar-refractivity contribution in [1.29, 1.82) is 0 Å². The Kier molecular flexibility index (Phi) is 7.65. The van der Waals surface area contributed by atoms with E-state index in [1.807, 2.05) is 36.4 Å². The molecule has 32 heavy (non-hydrogen) atoms. The van der Waals surface area contributed by atoms with Gasteiger partial charge in [-0.1, -0.05) is 72.8 Å². The average molecular weight is 429 g/mol. The lowest BCUT2D eigenvalue weighted by atomic mass is 9.78. The molecule has 0 saturated heterocycles. The molecular formula is C28H32N2O2. The van der Waals surface area contributed by atoms with E-state index in [1.54, 1.807) is 0 Å². The van der Waals surface area contributed by atoms with Crippen LogP contribution in [0, 0.1) is 23.7 Å². The summed E-state index contributed by atoms with van der Waals surface area (Å²) in [6.07, 6.45) is 13.3. The molecule has 0 spiro atoms. The normalized spacial score (nSPS) is 24.4. The van der Waals surface area contributed by atoms with Gasteiger partial charge in [0.05, 0.1) is 0 Å². The predicted molar refractivity (Wildman–Crippen MR) is 130 cm³/mol. The van der Waals surface area contributed by atoms with Gasteiger partial charge in [-0.2, -0.15) is 10.2 Å². The number of fused-ring (bicyclic) bond motifs is 2. The first-order valence-corrected chi connectivity index (χ1v) is 11.8. The third-order valence-corrected chi connectivity index (χ3v) is 6.99. The van der Waals surface area contributed by atoms with E-state index in [1.165, 1.54) is 19.3 Å². The summed E-state index contributed by atoms with van der Waals surface area (Å²) in [5, 5.41) is 18.1. The molecule has 2 aliphatic carbocycles. The highest BCUT2D eigenvalue weighted by atomic mass is 16.4. The van der Waals surface area contributed by atoms with Gasteiger partial charge in [0.1, 0.15) is 5.71 Å². The van der Waals surface area contributed by atoms with Crippen LogP contribution in [0.5, 0.6) is 0 Å². The number of allylic oxidation sites excluding steroid dienone is 2. The fourth-order valence-electron chi connectivity index (χ4n) is 5.42. The Morgan fingerprint density at radius 3 is 2.25 bits per heavy atom. The van der Waals surface area contributed by atoms with E-state index in [-0.39, 0.29) is 6.42 Å². The lowest BCUT2D eigenvalue weighted by molar-refractivity contribution is -0.137. The highest BCUT2D eigenvalue weighted by Crippen LogP contribution is 2.53. The van der Waals surface area contributed by atoms with Gasteiger partial charge in [0.25, 0.3) is 0 Å². The Bertz CT molecular complexity index is 924. The lowest BCUT2D eigenvalue weighted by Gasteiger charge is -2.27. The zero-order valence-electron chi connectivity index (χ0n) is 18.5. The first kappa shape index (κ1) is 22.2. The zero-order chi connectivity index (χ0) is 22.2. The van der Waals surface area contributed by atoms with Crippen molar-refractivity contribution < 1.29 is 9.90 Å². The number of unbranched alkanes of at least 4 members (excludes halogenated alkanes) is 1. The van der Waals surface area contributed by atoms with Crippen LogP contribution in [0.4, 0.5) is 0 Å². The summed E-state index contributed by atoms with van der Waals surface area (Å²) in [4.78, 5) is 10.7. The predicted octanol–water partition coefficient (Wildman–Crippen LogP) is 6.37. The van der Waals surface area contributed by atoms with Crippen molar-refractivity contribution in [2.75, 3.05) is 0 Å². The number of carboxylic acid groups (broad SMARTS) is 1. The first-order valence-electron chi connectivity index (χ1n) is 11.8. The number of benzene rings is 2. The minimum absolute atomic E-state index is 0.247. The smallest absolute Gasteiger partial charge is 0.303 e. The van der Waals surface area contributed by atoms with Gasteiger partial charge in [0.2, 0.25) is 0 Å². The second-order valence-corrected chi connectivity index (χ2v) is 9.01. The Morgan fingerprint density at radius 2 is 1.59 bits per heavy atom. The van der Waals surface area contributed by atoms with Gasteiger partial charge in [-0.05, 0) is 56.3 Å². The van der Waals surface area contributed by atoms with Crippen LogP contribution >= 0.6 is 0 Å². The number of hydrogen-bond acceptors (Lipinski definition) is 3. The molecule has 4 unspecified atom stereocenters. The van der Waals surface area contributed by atoms with Gasteiger partial charge in [-0.3, -0.25) is 4.79 Å². The lowest BCUT2D eigenvalue weighted by Crippen LogP contribution is -2.23. The fraction of sp³-hybridized carbons (Fsp3) is 0.393. The van der Waals surface area contributed by atoms with E-state index in [2.05, 4.69) is 47.7 Å². The van der Waals surface area contributed by atoms with Gasteiger partial charge < -0.3 is 5.11 Å². The molecule has 0 aromatic heterocycles. The van der Waals surface area contributed by atoms with Gasteiger partial charge in [0.15, 0.2) is 0 Å². The van der Waals surface area contributed by atoms with E-state index in [0.29, 0.717) is 18.3 Å². The molecule has 4 atom stereocenters. The minimum Gasteiger partial charge on any atom is -0.481 e. The van der Waals surface area contributed by atoms with Gasteiger partial charge >= 0.3 is 5.97 Å². The third kappa shape index (κ3) is 5.61. The number of nitrogens with zero attached hydrogens (tertiary/aromatic N) is 2. The summed E-state index contributed by atoms with van der Waals surface area (Å²) >= 11 is 0. The molecule has 4 heteroatoms. The molecule has 2 bridgehead atoms. The Morgan fingerprint density at radius 1 is 0.938 bits per heavy atom. The van der Waals surface area contributed by atoms with E-state index in [9.17, 15) is 4.79 Å². The van der Waals surface area contributed by atoms with Crippen molar-refractivity contribution >= 4 is 17.9 Å². The Hall–Kier alpha value is -3.01. The monoisotopic (exact) mass is 428 g/mol.